The molecule has 9 atom stereocenters. The van der Waals surface area contributed by atoms with Gasteiger partial charge in [0.2, 0.25) is 0 Å². The van der Waals surface area contributed by atoms with Gasteiger partial charge < -0.3 is 24.1 Å². The first kappa shape index (κ1) is 27.9. The summed E-state index contributed by atoms with van der Waals surface area (Å²) >= 11 is 6.66. The molecule has 36 heavy (non-hydrogen) atoms. The molecule has 3 aliphatic rings. The van der Waals surface area contributed by atoms with Gasteiger partial charge in [0.15, 0.2) is 11.7 Å². The minimum Gasteiger partial charge on any atom is -0.462 e. The summed E-state index contributed by atoms with van der Waals surface area (Å²) in [6, 6.07) is 0. The minimum atomic E-state index is -2.08. The molecule has 1 heterocycles. The van der Waals surface area contributed by atoms with Crippen molar-refractivity contribution in [1.82, 2.24) is 0 Å². The quantitative estimate of drug-likeness (QED) is 0.256. The van der Waals surface area contributed by atoms with Gasteiger partial charge in [0.25, 0.3) is 0 Å². The summed E-state index contributed by atoms with van der Waals surface area (Å²) < 4.78 is 22.5. The van der Waals surface area contributed by atoms with E-state index in [0.29, 0.717) is 5.57 Å². The van der Waals surface area contributed by atoms with Crippen molar-refractivity contribution in [3.63, 3.8) is 0 Å². The van der Waals surface area contributed by atoms with E-state index in [2.05, 4.69) is 13.2 Å². The first-order valence-electron chi connectivity index (χ1n) is 11.8. The van der Waals surface area contributed by atoms with E-state index in [0.717, 1.165) is 0 Å². The highest BCUT2D eigenvalue weighted by Crippen LogP contribution is 2.55. The van der Waals surface area contributed by atoms with Crippen LogP contribution in [0.15, 0.2) is 36.5 Å². The van der Waals surface area contributed by atoms with Crippen molar-refractivity contribution < 1.29 is 43.2 Å². The van der Waals surface area contributed by atoms with E-state index in [4.69, 9.17) is 30.5 Å². The standard InChI is InChI=1S/C26H33ClO9/c1-12-8-9-19(34-16(5)29)25(7)11-18(33-15(4)28)10-13(2)20(25)22(35-17(6)30)26(32)14(3)24(31)36-23(26)21(12)27/h8-9,14,18-23,32H,1-2,10-11H2,3-7H3/b9-8+/t14-,18-,19-,20+,21-,22-,23-,25+,26+/m0/s1. The predicted molar refractivity (Wildman–Crippen MR) is 129 cm³/mol. The van der Waals surface area contributed by atoms with Gasteiger partial charge in [-0.2, -0.15) is 0 Å². The number of hydrogen-bond acceptors (Lipinski definition) is 9. The number of carbonyl (C=O) groups is 4. The Bertz CT molecular complexity index is 1020. The van der Waals surface area contributed by atoms with Crippen molar-refractivity contribution in [3.8, 4) is 0 Å². The second-order valence-corrected chi connectivity index (χ2v) is 10.6. The summed E-state index contributed by atoms with van der Waals surface area (Å²) in [6.45, 7) is 15.1. The highest BCUT2D eigenvalue weighted by molar-refractivity contribution is 6.23. The summed E-state index contributed by atoms with van der Waals surface area (Å²) in [6.07, 6.45) is -0.682. The molecule has 3 rings (SSSR count). The summed E-state index contributed by atoms with van der Waals surface area (Å²) in [7, 11) is 0. The van der Waals surface area contributed by atoms with Crippen molar-refractivity contribution in [2.45, 2.75) is 82.9 Å². The molecule has 0 unspecified atom stereocenters. The third-order valence-corrected chi connectivity index (χ3v) is 8.00. The summed E-state index contributed by atoms with van der Waals surface area (Å²) in [5.74, 6) is -4.47. The van der Waals surface area contributed by atoms with E-state index >= 15 is 0 Å². The molecular weight excluding hydrogens is 492 g/mol. The Kier molecular flexibility index (Phi) is 7.77. The van der Waals surface area contributed by atoms with E-state index in [-0.39, 0.29) is 18.4 Å². The molecule has 0 amide bonds. The molecule has 1 saturated carbocycles. The van der Waals surface area contributed by atoms with Crippen molar-refractivity contribution >= 4 is 35.5 Å². The number of aliphatic hydroxyl groups is 1. The Morgan fingerprint density at radius 2 is 1.69 bits per heavy atom. The first-order chi connectivity index (χ1) is 16.6. The lowest BCUT2D eigenvalue weighted by Crippen LogP contribution is -2.65. The monoisotopic (exact) mass is 524 g/mol. The van der Waals surface area contributed by atoms with Crippen molar-refractivity contribution in [2.75, 3.05) is 0 Å². The zero-order chi connectivity index (χ0) is 27.2. The zero-order valence-corrected chi connectivity index (χ0v) is 21.9. The van der Waals surface area contributed by atoms with E-state index in [1.165, 1.54) is 27.7 Å². The van der Waals surface area contributed by atoms with Gasteiger partial charge >= 0.3 is 23.9 Å². The van der Waals surface area contributed by atoms with Crippen molar-refractivity contribution in [3.05, 3.63) is 36.5 Å². The van der Waals surface area contributed by atoms with Crippen molar-refractivity contribution in [1.29, 1.82) is 0 Å². The third kappa shape index (κ3) is 4.83. The molecule has 2 fully saturated rings. The Labute approximate surface area is 215 Å². The highest BCUT2D eigenvalue weighted by Gasteiger charge is 2.67. The molecule has 0 spiro atoms. The average Bonchev–Trinajstić information content (AvgIpc) is 2.98. The molecular formula is C26H33ClO9. The average molecular weight is 525 g/mol. The molecule has 198 valence electrons. The molecule has 9 nitrogen and oxygen atoms in total. The smallest absolute Gasteiger partial charge is 0.312 e. The van der Waals surface area contributed by atoms with Crippen LogP contribution in [0.25, 0.3) is 0 Å². The Balaban J connectivity index is 2.32. The first-order valence-corrected chi connectivity index (χ1v) is 12.2. The SMILES string of the molecule is C=C1C[C@H](OC(C)=O)C[C@]2(C)[C@@H](OC(C)=O)/C=C/C(=C)[C@H](Cl)[C@@H]3OC(=O)[C@H](C)[C@@]3(O)[C@@H](OC(C)=O)[C@@H]12. The van der Waals surface area contributed by atoms with Gasteiger partial charge in [-0.05, 0) is 25.0 Å². The number of ether oxygens (including phenoxy) is 4. The number of fused-ring (bicyclic) bond motifs is 2. The number of hydrogen-bond donors (Lipinski definition) is 1. The number of allylic oxidation sites excluding steroid dienone is 1. The lowest BCUT2D eigenvalue weighted by Gasteiger charge is -2.54. The molecule has 2 aliphatic carbocycles. The number of halogens is 1. The summed E-state index contributed by atoms with van der Waals surface area (Å²) in [5.41, 5.74) is -2.42. The fraction of sp³-hybridized carbons (Fsp3) is 0.615. The maximum atomic E-state index is 12.8. The van der Waals surface area contributed by atoms with Crippen LogP contribution in [0.4, 0.5) is 0 Å². The van der Waals surface area contributed by atoms with Gasteiger partial charge in [-0.25, -0.2) is 0 Å². The molecule has 0 aromatic heterocycles. The fourth-order valence-corrected chi connectivity index (χ4v) is 6.21. The van der Waals surface area contributed by atoms with Crippen LogP contribution in [-0.4, -0.2) is 64.4 Å². The van der Waals surface area contributed by atoms with E-state index in [9.17, 15) is 24.3 Å². The Morgan fingerprint density at radius 3 is 2.25 bits per heavy atom. The van der Waals surface area contributed by atoms with Gasteiger partial charge in [0.05, 0.1) is 11.3 Å². The molecule has 0 bridgehead atoms. The molecule has 0 aromatic carbocycles. The lowest BCUT2D eigenvalue weighted by atomic mass is 9.56. The molecule has 1 saturated heterocycles. The van der Waals surface area contributed by atoms with Crippen molar-refractivity contribution in [2.24, 2.45) is 17.3 Å². The molecule has 0 radical (unpaired) electrons. The fourth-order valence-electron chi connectivity index (χ4n) is 5.88. The normalized spacial score (nSPS) is 41.3. The van der Waals surface area contributed by atoms with Gasteiger partial charge in [-0.3, -0.25) is 19.2 Å². The van der Waals surface area contributed by atoms with E-state index in [1.807, 2.05) is 0 Å². The van der Waals surface area contributed by atoms with Gasteiger partial charge in [0, 0.05) is 38.5 Å². The summed E-state index contributed by atoms with van der Waals surface area (Å²) in [5, 5.41) is 11.1. The maximum Gasteiger partial charge on any atom is 0.312 e. The van der Waals surface area contributed by atoms with Crippen LogP contribution in [0, 0.1) is 17.3 Å². The second-order valence-electron chi connectivity index (χ2n) is 10.1. The molecule has 1 aliphatic heterocycles. The van der Waals surface area contributed by atoms with E-state index < -0.39 is 76.5 Å². The number of rotatable bonds is 3. The lowest BCUT2D eigenvalue weighted by molar-refractivity contribution is -0.205. The van der Waals surface area contributed by atoms with Crippen LogP contribution in [0.2, 0.25) is 0 Å². The van der Waals surface area contributed by atoms with Gasteiger partial charge in [-0.1, -0.05) is 31.7 Å². The Morgan fingerprint density at radius 1 is 1.11 bits per heavy atom. The van der Waals surface area contributed by atoms with Crippen LogP contribution < -0.4 is 0 Å². The number of esters is 4. The van der Waals surface area contributed by atoms with E-state index in [1.54, 1.807) is 19.1 Å². The molecule has 0 aromatic rings. The minimum absolute atomic E-state index is 0.178. The largest absolute Gasteiger partial charge is 0.462 e. The van der Waals surface area contributed by atoms with Crippen LogP contribution in [-0.2, 0) is 38.1 Å². The van der Waals surface area contributed by atoms with Gasteiger partial charge in [0.1, 0.15) is 18.3 Å². The van der Waals surface area contributed by atoms with Crippen LogP contribution in [0.3, 0.4) is 0 Å². The van der Waals surface area contributed by atoms with Crippen LogP contribution in [0.5, 0.6) is 0 Å². The Hall–Kier alpha value is -2.65. The van der Waals surface area contributed by atoms with Crippen LogP contribution in [0.1, 0.15) is 47.5 Å². The highest BCUT2D eigenvalue weighted by atomic mass is 35.5. The third-order valence-electron chi connectivity index (χ3n) is 7.49. The predicted octanol–water partition coefficient (Wildman–Crippen LogP) is 2.78. The van der Waals surface area contributed by atoms with Crippen LogP contribution >= 0.6 is 11.6 Å². The second kappa shape index (κ2) is 10.0. The number of alkyl halides is 1. The summed E-state index contributed by atoms with van der Waals surface area (Å²) in [4.78, 5) is 49.1. The number of carbonyl (C=O) groups excluding carboxylic acids is 4. The van der Waals surface area contributed by atoms with Gasteiger partial charge in [-0.15, -0.1) is 11.6 Å². The molecule has 1 N–H and O–H groups in total. The zero-order valence-electron chi connectivity index (χ0n) is 21.1. The maximum absolute atomic E-state index is 12.8. The topological polar surface area (TPSA) is 125 Å². The molecule has 10 heteroatoms.